The zero-order valence-electron chi connectivity index (χ0n) is 14.3. The molecule has 0 saturated heterocycles. The van der Waals surface area contributed by atoms with Gasteiger partial charge >= 0.3 is 5.97 Å². The first kappa shape index (κ1) is 16.2. The first-order valence-corrected chi connectivity index (χ1v) is 8.47. The van der Waals surface area contributed by atoms with Gasteiger partial charge in [-0.3, -0.25) is 4.79 Å². The molecule has 3 aromatic rings. The van der Waals surface area contributed by atoms with Gasteiger partial charge in [0.05, 0.1) is 18.8 Å². The number of para-hydroxylation sites is 1. The van der Waals surface area contributed by atoms with E-state index in [1.807, 2.05) is 53.4 Å². The van der Waals surface area contributed by atoms with Gasteiger partial charge in [0.25, 0.3) is 5.91 Å². The summed E-state index contributed by atoms with van der Waals surface area (Å²) < 4.78 is 12.4. The van der Waals surface area contributed by atoms with Crippen molar-refractivity contribution in [1.29, 1.82) is 0 Å². The van der Waals surface area contributed by atoms with Gasteiger partial charge in [-0.2, -0.15) is 0 Å². The number of carbonyl (C=O) groups is 2. The second-order valence-corrected chi connectivity index (χ2v) is 6.00. The molecule has 0 N–H and O–H groups in total. The third kappa shape index (κ3) is 2.69. The summed E-state index contributed by atoms with van der Waals surface area (Å²) in [6.45, 7) is 2.28. The number of nitrogens with zero attached hydrogens (tertiary/aromatic N) is 2. The molecule has 0 saturated carbocycles. The quantitative estimate of drug-likeness (QED) is 0.662. The fourth-order valence-electron chi connectivity index (χ4n) is 3.27. The van der Waals surface area contributed by atoms with E-state index in [9.17, 15) is 9.59 Å². The van der Waals surface area contributed by atoms with Gasteiger partial charge in [-0.25, -0.2) is 4.79 Å². The lowest BCUT2D eigenvalue weighted by molar-refractivity contribution is -0.120. The SMILES string of the molecule is CCOC(=O)c1ccc(CN2C(=O)C(n3cccc3)c3ccccc32)o1. The van der Waals surface area contributed by atoms with Gasteiger partial charge in [-0.1, -0.05) is 18.2 Å². The number of fused-ring (bicyclic) bond motifs is 1. The van der Waals surface area contributed by atoms with Gasteiger partial charge < -0.3 is 18.6 Å². The van der Waals surface area contributed by atoms with Crippen LogP contribution in [0.2, 0.25) is 0 Å². The number of benzene rings is 1. The Morgan fingerprint density at radius 2 is 1.88 bits per heavy atom. The molecule has 26 heavy (non-hydrogen) atoms. The molecule has 6 nitrogen and oxygen atoms in total. The first-order chi connectivity index (χ1) is 12.7. The van der Waals surface area contributed by atoms with Crippen molar-refractivity contribution >= 4 is 17.6 Å². The van der Waals surface area contributed by atoms with Crippen LogP contribution in [0.15, 0.2) is 65.3 Å². The Labute approximate surface area is 150 Å². The highest BCUT2D eigenvalue weighted by Gasteiger charge is 2.38. The largest absolute Gasteiger partial charge is 0.460 e. The molecule has 0 spiro atoms. The van der Waals surface area contributed by atoms with Crippen LogP contribution in [0.1, 0.15) is 34.8 Å². The Bertz CT molecular complexity index is 942. The molecule has 0 radical (unpaired) electrons. The molecular formula is C20H18N2O4. The van der Waals surface area contributed by atoms with E-state index in [-0.39, 0.29) is 30.9 Å². The highest BCUT2D eigenvalue weighted by atomic mass is 16.5. The van der Waals surface area contributed by atoms with Crippen molar-refractivity contribution in [3.8, 4) is 0 Å². The smallest absolute Gasteiger partial charge is 0.374 e. The van der Waals surface area contributed by atoms with Crippen molar-refractivity contribution in [3.63, 3.8) is 0 Å². The number of hydrogen-bond donors (Lipinski definition) is 0. The molecule has 0 fully saturated rings. The second-order valence-electron chi connectivity index (χ2n) is 6.00. The van der Waals surface area contributed by atoms with Gasteiger partial charge in [0, 0.05) is 18.0 Å². The standard InChI is InChI=1S/C20H18N2O4/c1-2-25-20(24)17-10-9-14(26-17)13-22-16-8-4-3-7-15(16)18(19(22)23)21-11-5-6-12-21/h3-12,18H,2,13H2,1H3. The van der Waals surface area contributed by atoms with E-state index in [1.54, 1.807) is 24.0 Å². The maximum absolute atomic E-state index is 13.1. The van der Waals surface area contributed by atoms with Crippen molar-refractivity contribution in [2.24, 2.45) is 0 Å². The predicted octanol–water partition coefficient (Wildman–Crippen LogP) is 3.39. The Morgan fingerprint density at radius 3 is 2.65 bits per heavy atom. The lowest BCUT2D eigenvalue weighted by atomic mass is 10.1. The predicted molar refractivity (Wildman–Crippen MR) is 94.9 cm³/mol. The topological polar surface area (TPSA) is 64.7 Å². The zero-order chi connectivity index (χ0) is 18.1. The van der Waals surface area contributed by atoms with Crippen LogP contribution in [-0.2, 0) is 16.1 Å². The summed E-state index contributed by atoms with van der Waals surface area (Å²) in [7, 11) is 0. The molecule has 132 valence electrons. The summed E-state index contributed by atoms with van der Waals surface area (Å²) in [5, 5.41) is 0. The molecule has 1 aliphatic rings. The highest BCUT2D eigenvalue weighted by Crippen LogP contribution is 2.39. The number of carbonyl (C=O) groups excluding carboxylic acids is 2. The van der Waals surface area contributed by atoms with Crippen LogP contribution in [0.25, 0.3) is 0 Å². The molecular weight excluding hydrogens is 332 g/mol. The van der Waals surface area contributed by atoms with E-state index in [4.69, 9.17) is 9.15 Å². The highest BCUT2D eigenvalue weighted by molar-refractivity contribution is 6.04. The van der Waals surface area contributed by atoms with E-state index >= 15 is 0 Å². The van der Waals surface area contributed by atoms with Gasteiger partial charge in [0.2, 0.25) is 5.76 Å². The van der Waals surface area contributed by atoms with Crippen LogP contribution in [0.4, 0.5) is 5.69 Å². The normalized spacial score (nSPS) is 16.0. The molecule has 1 amide bonds. The molecule has 1 aromatic carbocycles. The fraction of sp³-hybridized carbons (Fsp3) is 0.200. The van der Waals surface area contributed by atoms with E-state index in [0.717, 1.165) is 11.3 Å². The average molecular weight is 350 g/mol. The average Bonchev–Trinajstić information content (AvgIpc) is 3.37. The van der Waals surface area contributed by atoms with Gasteiger partial charge in [0.1, 0.15) is 11.8 Å². The number of ether oxygens (including phenoxy) is 1. The number of furan rings is 1. The van der Waals surface area contributed by atoms with E-state index < -0.39 is 5.97 Å². The Kier molecular flexibility index (Phi) is 4.08. The first-order valence-electron chi connectivity index (χ1n) is 8.47. The van der Waals surface area contributed by atoms with E-state index in [1.165, 1.54) is 0 Å². The van der Waals surface area contributed by atoms with Gasteiger partial charge in [-0.15, -0.1) is 0 Å². The molecule has 0 bridgehead atoms. The maximum atomic E-state index is 13.1. The number of aromatic nitrogens is 1. The molecule has 1 unspecified atom stereocenters. The lowest BCUT2D eigenvalue weighted by Crippen LogP contribution is -2.30. The Balaban J connectivity index is 1.63. The molecule has 1 aliphatic heterocycles. The van der Waals surface area contributed by atoms with Crippen LogP contribution in [-0.4, -0.2) is 23.1 Å². The monoisotopic (exact) mass is 350 g/mol. The summed E-state index contributed by atoms with van der Waals surface area (Å²) in [4.78, 5) is 26.5. The van der Waals surface area contributed by atoms with Crippen molar-refractivity contribution in [3.05, 3.63) is 78.0 Å². The molecule has 1 atom stereocenters. The van der Waals surface area contributed by atoms with E-state index in [2.05, 4.69) is 0 Å². The number of amides is 1. The van der Waals surface area contributed by atoms with Crippen LogP contribution in [0, 0.1) is 0 Å². The number of hydrogen-bond acceptors (Lipinski definition) is 4. The molecule has 6 heteroatoms. The summed E-state index contributed by atoms with van der Waals surface area (Å²) in [6, 6.07) is 14.4. The van der Waals surface area contributed by atoms with E-state index in [0.29, 0.717) is 5.76 Å². The molecule has 2 aromatic heterocycles. The Hall–Kier alpha value is -3.28. The van der Waals surface area contributed by atoms with Crippen LogP contribution in [0.3, 0.4) is 0 Å². The fourth-order valence-corrected chi connectivity index (χ4v) is 3.27. The summed E-state index contributed by atoms with van der Waals surface area (Å²) in [6.07, 6.45) is 3.77. The minimum Gasteiger partial charge on any atom is -0.460 e. The van der Waals surface area contributed by atoms with Crippen LogP contribution < -0.4 is 4.90 Å². The number of rotatable bonds is 5. The van der Waals surface area contributed by atoms with Crippen molar-refractivity contribution in [1.82, 2.24) is 4.57 Å². The minimum absolute atomic E-state index is 0.0310. The van der Waals surface area contributed by atoms with Crippen LogP contribution in [0.5, 0.6) is 0 Å². The maximum Gasteiger partial charge on any atom is 0.374 e. The summed E-state index contributed by atoms with van der Waals surface area (Å²) in [5.41, 5.74) is 1.80. The minimum atomic E-state index is -0.503. The van der Waals surface area contributed by atoms with Crippen molar-refractivity contribution in [2.75, 3.05) is 11.5 Å². The molecule has 0 aliphatic carbocycles. The van der Waals surface area contributed by atoms with Gasteiger partial charge in [0.15, 0.2) is 0 Å². The summed E-state index contributed by atoms with van der Waals surface area (Å²) in [5.74, 6) is 0.140. The number of anilines is 1. The summed E-state index contributed by atoms with van der Waals surface area (Å²) >= 11 is 0. The van der Waals surface area contributed by atoms with Crippen LogP contribution >= 0.6 is 0 Å². The van der Waals surface area contributed by atoms with Crippen molar-refractivity contribution in [2.45, 2.75) is 19.5 Å². The molecule has 3 heterocycles. The zero-order valence-corrected chi connectivity index (χ0v) is 14.3. The number of esters is 1. The third-order valence-corrected chi connectivity index (χ3v) is 4.40. The van der Waals surface area contributed by atoms with Gasteiger partial charge in [-0.05, 0) is 37.3 Å². The Morgan fingerprint density at radius 1 is 1.12 bits per heavy atom. The second kappa shape index (κ2) is 6.55. The van der Waals surface area contributed by atoms with Crippen molar-refractivity contribution < 1.29 is 18.7 Å². The lowest BCUT2D eigenvalue weighted by Gasteiger charge is -2.17. The molecule has 4 rings (SSSR count). The third-order valence-electron chi connectivity index (χ3n) is 4.40.